The Labute approximate surface area is 126 Å². The van der Waals surface area contributed by atoms with Crippen molar-refractivity contribution in [3.05, 3.63) is 0 Å². The van der Waals surface area contributed by atoms with E-state index in [9.17, 15) is 0 Å². The van der Waals surface area contributed by atoms with Crippen LogP contribution in [0.25, 0.3) is 0 Å². The summed E-state index contributed by atoms with van der Waals surface area (Å²) >= 11 is 0. The summed E-state index contributed by atoms with van der Waals surface area (Å²) in [4.78, 5) is 0. The summed E-state index contributed by atoms with van der Waals surface area (Å²) in [6.45, 7) is 5.59. The second-order valence-electron chi connectivity index (χ2n) is 7.34. The molecule has 20 heavy (non-hydrogen) atoms. The van der Waals surface area contributed by atoms with Crippen molar-refractivity contribution in [2.45, 2.75) is 97.0 Å². The molecule has 2 rings (SSSR count). The zero-order chi connectivity index (χ0) is 14.2. The molecule has 118 valence electrons. The van der Waals surface area contributed by atoms with Crippen molar-refractivity contribution in [3.8, 4) is 0 Å². The van der Waals surface area contributed by atoms with Crippen molar-refractivity contribution in [3.63, 3.8) is 0 Å². The van der Waals surface area contributed by atoms with E-state index in [0.717, 1.165) is 24.4 Å². The fraction of sp³-hybridized carbons (Fsp3) is 1.00. The number of ether oxygens (including phenoxy) is 1. The smallest absolute Gasteiger partial charge is 0.0577 e. The molecule has 0 aromatic heterocycles. The van der Waals surface area contributed by atoms with Gasteiger partial charge in [-0.3, -0.25) is 0 Å². The maximum Gasteiger partial charge on any atom is 0.0577 e. The third-order valence-electron chi connectivity index (χ3n) is 5.77. The van der Waals surface area contributed by atoms with E-state index in [1.165, 1.54) is 77.0 Å². The summed E-state index contributed by atoms with van der Waals surface area (Å²) in [7, 11) is 0. The fourth-order valence-electron chi connectivity index (χ4n) is 4.51. The SMILES string of the molecule is CCCCOC1CCCC(C2CCC(CCC)CC2)C1. The molecule has 0 spiro atoms. The Morgan fingerprint density at radius 3 is 2.35 bits per heavy atom. The summed E-state index contributed by atoms with van der Waals surface area (Å²) < 4.78 is 6.10. The molecule has 0 aliphatic heterocycles. The van der Waals surface area contributed by atoms with Crippen LogP contribution in [0.15, 0.2) is 0 Å². The van der Waals surface area contributed by atoms with Crippen LogP contribution in [0.1, 0.15) is 90.9 Å². The van der Waals surface area contributed by atoms with Gasteiger partial charge in [-0.1, -0.05) is 52.4 Å². The minimum absolute atomic E-state index is 0.591. The number of unbranched alkanes of at least 4 members (excludes halogenated alkanes) is 1. The molecule has 2 atom stereocenters. The number of rotatable bonds is 7. The molecular formula is C19H36O. The van der Waals surface area contributed by atoms with Crippen LogP contribution in [0.5, 0.6) is 0 Å². The van der Waals surface area contributed by atoms with Crippen LogP contribution in [-0.4, -0.2) is 12.7 Å². The van der Waals surface area contributed by atoms with Gasteiger partial charge in [0.25, 0.3) is 0 Å². The van der Waals surface area contributed by atoms with Crippen LogP contribution < -0.4 is 0 Å². The Bertz CT molecular complexity index is 242. The Morgan fingerprint density at radius 2 is 1.65 bits per heavy atom. The highest BCUT2D eigenvalue weighted by molar-refractivity contribution is 4.82. The summed E-state index contributed by atoms with van der Waals surface area (Å²) in [6.07, 6.45) is 17.6. The molecule has 0 radical (unpaired) electrons. The molecule has 2 aliphatic rings. The summed E-state index contributed by atoms with van der Waals surface area (Å²) in [5.41, 5.74) is 0. The first-order valence-corrected chi connectivity index (χ1v) is 9.45. The molecule has 0 N–H and O–H groups in total. The molecule has 0 saturated heterocycles. The Balaban J connectivity index is 1.70. The zero-order valence-electron chi connectivity index (χ0n) is 13.9. The summed E-state index contributed by atoms with van der Waals surface area (Å²) in [6, 6.07) is 0. The molecule has 2 fully saturated rings. The van der Waals surface area contributed by atoms with Crippen molar-refractivity contribution in [2.24, 2.45) is 17.8 Å². The van der Waals surface area contributed by atoms with Gasteiger partial charge in [0.1, 0.15) is 0 Å². The van der Waals surface area contributed by atoms with Crippen molar-refractivity contribution >= 4 is 0 Å². The van der Waals surface area contributed by atoms with E-state index < -0.39 is 0 Å². The third kappa shape index (κ3) is 5.06. The summed E-state index contributed by atoms with van der Waals surface area (Å²) in [5.74, 6) is 3.06. The second-order valence-corrected chi connectivity index (χ2v) is 7.34. The first-order chi connectivity index (χ1) is 9.83. The summed E-state index contributed by atoms with van der Waals surface area (Å²) in [5, 5.41) is 0. The van der Waals surface area contributed by atoms with Crippen LogP contribution in [0, 0.1) is 17.8 Å². The number of hydrogen-bond acceptors (Lipinski definition) is 1. The van der Waals surface area contributed by atoms with Crippen molar-refractivity contribution in [1.82, 2.24) is 0 Å². The van der Waals surface area contributed by atoms with Gasteiger partial charge in [0.05, 0.1) is 6.10 Å². The van der Waals surface area contributed by atoms with Crippen LogP contribution in [0.2, 0.25) is 0 Å². The van der Waals surface area contributed by atoms with Gasteiger partial charge in [0, 0.05) is 6.61 Å². The molecule has 0 aromatic rings. The van der Waals surface area contributed by atoms with Gasteiger partial charge in [-0.15, -0.1) is 0 Å². The van der Waals surface area contributed by atoms with Crippen molar-refractivity contribution < 1.29 is 4.74 Å². The Kier molecular flexibility index (Phi) is 7.41. The molecule has 1 nitrogen and oxygen atoms in total. The number of hydrogen-bond donors (Lipinski definition) is 0. The molecular weight excluding hydrogens is 244 g/mol. The van der Waals surface area contributed by atoms with E-state index in [-0.39, 0.29) is 0 Å². The lowest BCUT2D eigenvalue weighted by Gasteiger charge is -2.38. The minimum Gasteiger partial charge on any atom is -0.378 e. The van der Waals surface area contributed by atoms with E-state index in [2.05, 4.69) is 13.8 Å². The molecule has 0 heterocycles. The van der Waals surface area contributed by atoms with E-state index in [0.29, 0.717) is 6.10 Å². The molecule has 1 heteroatoms. The van der Waals surface area contributed by atoms with E-state index >= 15 is 0 Å². The molecule has 2 unspecified atom stereocenters. The lowest BCUT2D eigenvalue weighted by atomic mass is 9.70. The van der Waals surface area contributed by atoms with Crippen molar-refractivity contribution in [2.75, 3.05) is 6.61 Å². The monoisotopic (exact) mass is 280 g/mol. The van der Waals surface area contributed by atoms with Crippen LogP contribution in [0.4, 0.5) is 0 Å². The molecule has 0 amide bonds. The second kappa shape index (κ2) is 9.07. The minimum atomic E-state index is 0.591. The fourth-order valence-corrected chi connectivity index (χ4v) is 4.51. The van der Waals surface area contributed by atoms with E-state index in [1.54, 1.807) is 0 Å². The maximum absolute atomic E-state index is 6.10. The van der Waals surface area contributed by atoms with Crippen molar-refractivity contribution in [1.29, 1.82) is 0 Å². The highest BCUT2D eigenvalue weighted by atomic mass is 16.5. The Morgan fingerprint density at radius 1 is 0.850 bits per heavy atom. The normalized spacial score (nSPS) is 35.1. The topological polar surface area (TPSA) is 9.23 Å². The van der Waals surface area contributed by atoms with E-state index in [4.69, 9.17) is 4.74 Å². The first kappa shape index (κ1) is 16.3. The molecule has 2 saturated carbocycles. The largest absolute Gasteiger partial charge is 0.378 e. The van der Waals surface area contributed by atoms with Gasteiger partial charge in [-0.2, -0.15) is 0 Å². The highest BCUT2D eigenvalue weighted by Crippen LogP contribution is 2.41. The average Bonchev–Trinajstić information content (AvgIpc) is 2.49. The van der Waals surface area contributed by atoms with Gasteiger partial charge >= 0.3 is 0 Å². The van der Waals surface area contributed by atoms with Gasteiger partial charge in [-0.05, 0) is 56.3 Å². The van der Waals surface area contributed by atoms with Crippen LogP contribution in [0.3, 0.4) is 0 Å². The van der Waals surface area contributed by atoms with Crippen LogP contribution in [-0.2, 0) is 4.74 Å². The molecule has 0 aromatic carbocycles. The van der Waals surface area contributed by atoms with Crippen LogP contribution >= 0.6 is 0 Å². The quantitative estimate of drug-likeness (QED) is 0.522. The van der Waals surface area contributed by atoms with Gasteiger partial charge < -0.3 is 4.74 Å². The van der Waals surface area contributed by atoms with E-state index in [1.807, 2.05) is 0 Å². The predicted molar refractivity (Wildman–Crippen MR) is 87.0 cm³/mol. The maximum atomic E-state index is 6.10. The molecule has 0 bridgehead atoms. The third-order valence-corrected chi connectivity index (χ3v) is 5.77. The van der Waals surface area contributed by atoms with Gasteiger partial charge in [0.15, 0.2) is 0 Å². The lowest BCUT2D eigenvalue weighted by Crippen LogP contribution is -2.30. The molecule has 2 aliphatic carbocycles. The van der Waals surface area contributed by atoms with Gasteiger partial charge in [-0.25, -0.2) is 0 Å². The first-order valence-electron chi connectivity index (χ1n) is 9.45. The van der Waals surface area contributed by atoms with Gasteiger partial charge in [0.2, 0.25) is 0 Å². The highest BCUT2D eigenvalue weighted by Gasteiger charge is 2.31. The predicted octanol–water partition coefficient (Wildman–Crippen LogP) is 5.97. The average molecular weight is 280 g/mol. The Hall–Kier alpha value is -0.0400. The lowest BCUT2D eigenvalue weighted by molar-refractivity contribution is -0.00321. The zero-order valence-corrected chi connectivity index (χ0v) is 13.9. The standard InChI is InChI=1S/C19H36O/c1-3-5-14-20-19-9-6-8-18(15-19)17-12-10-16(7-4-2)11-13-17/h16-19H,3-15H2,1-2H3.